The molecule has 0 aromatic heterocycles. The molecule has 1 saturated heterocycles. The van der Waals surface area contributed by atoms with Crippen LogP contribution in [0.3, 0.4) is 0 Å². The van der Waals surface area contributed by atoms with Crippen LogP contribution in [-0.2, 0) is 9.59 Å². The van der Waals surface area contributed by atoms with Crippen LogP contribution in [0.25, 0.3) is 5.76 Å². The third kappa shape index (κ3) is 4.39. The Labute approximate surface area is 187 Å². The number of ether oxygens (including phenoxy) is 1. The Kier molecular flexibility index (Phi) is 6.91. The molecule has 7 heteroatoms. The largest absolute Gasteiger partial charge is 0.507 e. The van der Waals surface area contributed by atoms with Crippen molar-refractivity contribution in [3.05, 3.63) is 64.2 Å². The molecule has 0 saturated carbocycles. The number of Topliss-reactive ketones (excluding diaryl/α,β-unsaturated/α-hetero) is 1. The number of amides is 1. The number of carbonyl (C=O) groups excluding carboxylic acids is 2. The van der Waals surface area contributed by atoms with E-state index in [-0.39, 0.29) is 11.3 Å². The topological polar surface area (TPSA) is 70.1 Å². The number of rotatable bonds is 7. The predicted octanol–water partition coefficient (Wildman–Crippen LogP) is 4.64. The highest BCUT2D eigenvalue weighted by Crippen LogP contribution is 2.40. The molecule has 6 nitrogen and oxygen atoms in total. The lowest BCUT2D eigenvalue weighted by Crippen LogP contribution is -2.30. The van der Waals surface area contributed by atoms with Crippen LogP contribution in [-0.4, -0.2) is 49.4 Å². The third-order valence-electron chi connectivity index (χ3n) is 5.44. The Bertz CT molecular complexity index is 1010. The predicted molar refractivity (Wildman–Crippen MR) is 123 cm³/mol. The summed E-state index contributed by atoms with van der Waals surface area (Å²) in [5.41, 5.74) is 2.20. The zero-order chi connectivity index (χ0) is 22.7. The van der Waals surface area contributed by atoms with Gasteiger partial charge in [0.2, 0.25) is 0 Å². The lowest BCUT2D eigenvalue weighted by Gasteiger charge is -2.25. The van der Waals surface area contributed by atoms with Crippen molar-refractivity contribution in [2.75, 3.05) is 32.6 Å². The zero-order valence-corrected chi connectivity index (χ0v) is 18.9. The minimum absolute atomic E-state index is 0.0723. The maximum absolute atomic E-state index is 13.0. The second-order valence-corrected chi connectivity index (χ2v) is 8.09. The minimum Gasteiger partial charge on any atom is -0.507 e. The van der Waals surface area contributed by atoms with Crippen LogP contribution in [0.2, 0.25) is 5.02 Å². The van der Waals surface area contributed by atoms with Crippen LogP contribution >= 0.6 is 11.6 Å². The highest BCUT2D eigenvalue weighted by atomic mass is 35.5. The fourth-order valence-electron chi connectivity index (χ4n) is 3.70. The molecule has 1 aliphatic heterocycles. The Morgan fingerprint density at radius 3 is 2.42 bits per heavy atom. The normalized spacial score (nSPS) is 17.8. The molecule has 2 aromatic carbocycles. The van der Waals surface area contributed by atoms with Crippen LogP contribution in [0.1, 0.15) is 36.9 Å². The number of carbonyl (C=O) groups is 2. The summed E-state index contributed by atoms with van der Waals surface area (Å²) in [5, 5.41) is 11.5. The van der Waals surface area contributed by atoms with Crippen molar-refractivity contribution in [1.29, 1.82) is 0 Å². The van der Waals surface area contributed by atoms with Crippen LogP contribution in [0.4, 0.5) is 5.69 Å². The molecule has 1 heterocycles. The molecule has 1 atom stereocenters. The molecule has 0 radical (unpaired) electrons. The molecule has 0 spiro atoms. The van der Waals surface area contributed by atoms with E-state index in [0.29, 0.717) is 22.9 Å². The molecule has 1 amide bonds. The molecule has 1 N–H and O–H groups in total. The molecule has 1 aliphatic rings. The summed E-state index contributed by atoms with van der Waals surface area (Å²) in [5.74, 6) is -1.16. The van der Waals surface area contributed by atoms with E-state index in [0.717, 1.165) is 24.1 Å². The summed E-state index contributed by atoms with van der Waals surface area (Å²) < 4.78 is 5.24. The SMILES string of the molecule is CCCCN1C(=O)C(=O)/C(=C(\O)c2ccc(Cl)c(OC)c2)C1c1ccc(N(C)C)cc1. The summed E-state index contributed by atoms with van der Waals surface area (Å²) in [6, 6.07) is 11.7. The number of unbranched alkanes of at least 4 members (excludes halogenated alkanes) is 1. The second-order valence-electron chi connectivity index (χ2n) is 7.68. The summed E-state index contributed by atoms with van der Waals surface area (Å²) in [4.78, 5) is 29.4. The number of methoxy groups -OCH3 is 1. The third-order valence-corrected chi connectivity index (χ3v) is 5.75. The van der Waals surface area contributed by atoms with Gasteiger partial charge in [-0.3, -0.25) is 9.59 Å². The molecule has 0 aliphatic carbocycles. The number of hydrogen-bond acceptors (Lipinski definition) is 5. The van der Waals surface area contributed by atoms with Crippen molar-refractivity contribution in [2.24, 2.45) is 0 Å². The molecule has 31 heavy (non-hydrogen) atoms. The first-order valence-corrected chi connectivity index (χ1v) is 10.6. The highest BCUT2D eigenvalue weighted by molar-refractivity contribution is 6.46. The summed E-state index contributed by atoms with van der Waals surface area (Å²) in [6.45, 7) is 2.46. The van der Waals surface area contributed by atoms with Crippen molar-refractivity contribution >= 4 is 34.7 Å². The first-order valence-electron chi connectivity index (χ1n) is 10.2. The van der Waals surface area contributed by atoms with E-state index in [4.69, 9.17) is 16.3 Å². The lowest BCUT2D eigenvalue weighted by molar-refractivity contribution is -0.139. The van der Waals surface area contributed by atoms with Crippen molar-refractivity contribution in [3.63, 3.8) is 0 Å². The fraction of sp³-hybridized carbons (Fsp3) is 0.333. The molecule has 1 unspecified atom stereocenters. The van der Waals surface area contributed by atoms with E-state index < -0.39 is 17.7 Å². The van der Waals surface area contributed by atoms with E-state index >= 15 is 0 Å². The summed E-state index contributed by atoms with van der Waals surface area (Å²) in [7, 11) is 5.35. The number of nitrogens with zero attached hydrogens (tertiary/aromatic N) is 2. The van der Waals surface area contributed by atoms with E-state index in [1.165, 1.54) is 7.11 Å². The molecule has 3 rings (SSSR count). The van der Waals surface area contributed by atoms with Gasteiger partial charge in [-0.1, -0.05) is 37.1 Å². The van der Waals surface area contributed by atoms with Gasteiger partial charge >= 0.3 is 0 Å². The highest BCUT2D eigenvalue weighted by Gasteiger charge is 2.45. The minimum atomic E-state index is -0.691. The molecular formula is C24H27ClN2O4. The first kappa shape index (κ1) is 22.7. The van der Waals surface area contributed by atoms with Crippen LogP contribution in [0, 0.1) is 0 Å². The molecule has 2 aromatic rings. The number of hydrogen-bond donors (Lipinski definition) is 1. The van der Waals surface area contributed by atoms with Gasteiger partial charge in [-0.15, -0.1) is 0 Å². The van der Waals surface area contributed by atoms with E-state index in [1.54, 1.807) is 23.1 Å². The summed E-state index contributed by atoms with van der Waals surface area (Å²) >= 11 is 6.10. The number of benzene rings is 2. The molecular weight excluding hydrogens is 416 g/mol. The van der Waals surface area contributed by atoms with Gasteiger partial charge in [0, 0.05) is 31.9 Å². The quantitative estimate of drug-likeness (QED) is 0.384. The van der Waals surface area contributed by atoms with E-state index in [2.05, 4.69) is 0 Å². The summed E-state index contributed by atoms with van der Waals surface area (Å²) in [6.07, 6.45) is 1.64. The van der Waals surface area contributed by atoms with Gasteiger partial charge in [0.05, 0.1) is 23.7 Å². The monoisotopic (exact) mass is 442 g/mol. The van der Waals surface area contributed by atoms with E-state index in [1.807, 2.05) is 50.2 Å². The maximum Gasteiger partial charge on any atom is 0.295 e. The Morgan fingerprint density at radius 2 is 1.84 bits per heavy atom. The van der Waals surface area contributed by atoms with Gasteiger partial charge in [-0.25, -0.2) is 0 Å². The Morgan fingerprint density at radius 1 is 1.16 bits per heavy atom. The van der Waals surface area contributed by atoms with Crippen molar-refractivity contribution in [2.45, 2.75) is 25.8 Å². The number of halogens is 1. The molecule has 1 fully saturated rings. The van der Waals surface area contributed by atoms with Gasteiger partial charge in [0.15, 0.2) is 0 Å². The van der Waals surface area contributed by atoms with E-state index in [9.17, 15) is 14.7 Å². The van der Waals surface area contributed by atoms with Crippen LogP contribution < -0.4 is 9.64 Å². The zero-order valence-electron chi connectivity index (χ0n) is 18.2. The average Bonchev–Trinajstić information content (AvgIpc) is 3.02. The first-order chi connectivity index (χ1) is 14.8. The standard InChI is InChI=1S/C24H27ClN2O4/c1-5-6-13-27-21(15-7-10-17(11-8-15)26(2)3)20(23(29)24(27)30)22(28)16-9-12-18(25)19(14-16)31-4/h7-12,14,21,28H,5-6,13H2,1-4H3/b22-20-. The van der Waals surface area contributed by atoms with Gasteiger partial charge in [0.25, 0.3) is 11.7 Å². The van der Waals surface area contributed by atoms with Gasteiger partial charge in [-0.2, -0.15) is 0 Å². The lowest BCUT2D eigenvalue weighted by atomic mass is 9.95. The van der Waals surface area contributed by atoms with Gasteiger partial charge in [0.1, 0.15) is 11.5 Å². The van der Waals surface area contributed by atoms with Crippen molar-refractivity contribution in [3.8, 4) is 5.75 Å². The van der Waals surface area contributed by atoms with Gasteiger partial charge < -0.3 is 19.6 Å². The number of aliphatic hydroxyl groups excluding tert-OH is 1. The second kappa shape index (κ2) is 9.43. The molecule has 0 bridgehead atoms. The number of likely N-dealkylation sites (tertiary alicyclic amines) is 1. The number of ketones is 1. The average molecular weight is 443 g/mol. The van der Waals surface area contributed by atoms with Gasteiger partial charge in [-0.05, 0) is 42.3 Å². The fourth-order valence-corrected chi connectivity index (χ4v) is 3.90. The maximum atomic E-state index is 13.0. The molecule has 164 valence electrons. The number of aliphatic hydroxyl groups is 1. The van der Waals surface area contributed by atoms with Crippen LogP contribution in [0.15, 0.2) is 48.0 Å². The smallest absolute Gasteiger partial charge is 0.295 e. The van der Waals surface area contributed by atoms with Crippen LogP contribution in [0.5, 0.6) is 5.75 Å². The number of anilines is 1. The Hall–Kier alpha value is -2.99. The van der Waals surface area contributed by atoms with Crippen molar-refractivity contribution < 1.29 is 19.4 Å². The Balaban J connectivity index is 2.16. The van der Waals surface area contributed by atoms with Crippen molar-refractivity contribution in [1.82, 2.24) is 4.90 Å².